The molecule has 1 saturated carbocycles. The zero-order chi connectivity index (χ0) is 31.5. The van der Waals surface area contributed by atoms with Crippen LogP contribution in [0.25, 0.3) is 10.4 Å². The van der Waals surface area contributed by atoms with E-state index in [-0.39, 0.29) is 51.2 Å². The summed E-state index contributed by atoms with van der Waals surface area (Å²) in [6.07, 6.45) is -0.872. The maximum absolute atomic E-state index is 14.5. The predicted octanol–water partition coefficient (Wildman–Crippen LogP) is 1.74. The third kappa shape index (κ3) is 7.76. The Morgan fingerprint density at radius 3 is 2.42 bits per heavy atom. The van der Waals surface area contributed by atoms with E-state index in [1.165, 1.54) is 16.2 Å². The van der Waals surface area contributed by atoms with Crippen molar-refractivity contribution in [2.45, 2.75) is 83.3 Å². The van der Waals surface area contributed by atoms with E-state index < -0.39 is 53.0 Å². The van der Waals surface area contributed by atoms with E-state index in [2.05, 4.69) is 20.9 Å². The van der Waals surface area contributed by atoms with Crippen LogP contribution in [0, 0.1) is 12.3 Å². The number of hydrogen-bond acceptors (Lipinski definition) is 8. The number of carbonyl (C=O) groups is 4. The smallest absolute Gasteiger partial charge is 0.258 e. The molecule has 4 atom stereocenters. The second kappa shape index (κ2) is 13.1. The number of thiazole rings is 1. The lowest BCUT2D eigenvalue weighted by atomic mass is 9.85. The van der Waals surface area contributed by atoms with E-state index >= 15 is 0 Å². The van der Waals surface area contributed by atoms with Gasteiger partial charge in [0.2, 0.25) is 17.7 Å². The van der Waals surface area contributed by atoms with Gasteiger partial charge in [-0.3, -0.25) is 19.2 Å². The summed E-state index contributed by atoms with van der Waals surface area (Å²) in [7, 11) is 0. The number of likely N-dealkylation sites (tertiary alicyclic amines) is 1. The molecule has 1 unspecified atom stereocenters. The van der Waals surface area contributed by atoms with E-state index in [9.17, 15) is 28.7 Å². The molecule has 1 aromatic carbocycles. The van der Waals surface area contributed by atoms with Gasteiger partial charge in [0.05, 0.1) is 34.6 Å². The number of β-amino-alcohol motifs (C(OH)–C–C–N with tert-alkyl or cyclic N) is 1. The number of aliphatic hydroxyl groups excluding tert-OH is 1. The van der Waals surface area contributed by atoms with Gasteiger partial charge in [-0.2, -0.15) is 0 Å². The van der Waals surface area contributed by atoms with Crippen molar-refractivity contribution in [3.8, 4) is 10.4 Å². The van der Waals surface area contributed by atoms with Gasteiger partial charge in [0.15, 0.2) is 5.67 Å². The topological polar surface area (TPSA) is 167 Å². The summed E-state index contributed by atoms with van der Waals surface area (Å²) in [5.41, 5.74) is 7.05. The highest BCUT2D eigenvalue weighted by Gasteiger charge is 2.53. The number of alkyl halides is 1. The minimum Gasteiger partial charge on any atom is -0.391 e. The minimum absolute atomic E-state index is 0.0227. The summed E-state index contributed by atoms with van der Waals surface area (Å²) >= 11 is 1.51. The number of aromatic nitrogens is 1. The molecule has 2 aromatic rings. The number of nitrogens with two attached hydrogens (primary N) is 1. The third-order valence-corrected chi connectivity index (χ3v) is 8.82. The highest BCUT2D eigenvalue weighted by Crippen LogP contribution is 2.40. The van der Waals surface area contributed by atoms with Gasteiger partial charge in [-0.25, -0.2) is 9.37 Å². The van der Waals surface area contributed by atoms with E-state index in [0.29, 0.717) is 5.56 Å². The molecule has 1 aromatic heterocycles. The number of aryl methyl sites for hydroxylation is 1. The van der Waals surface area contributed by atoms with E-state index in [0.717, 1.165) is 16.1 Å². The monoisotopic (exact) mass is 616 g/mol. The summed E-state index contributed by atoms with van der Waals surface area (Å²) < 4.78 is 14.5. The van der Waals surface area contributed by atoms with Crippen molar-refractivity contribution in [1.29, 1.82) is 0 Å². The Labute approximate surface area is 254 Å². The van der Waals surface area contributed by atoms with E-state index in [1.54, 1.807) is 26.3 Å². The van der Waals surface area contributed by atoms with Crippen molar-refractivity contribution in [3.05, 3.63) is 41.0 Å². The molecule has 1 saturated heterocycles. The Hall–Kier alpha value is -3.42. The van der Waals surface area contributed by atoms with Gasteiger partial charge >= 0.3 is 0 Å². The molecule has 2 fully saturated rings. The predicted molar refractivity (Wildman–Crippen MR) is 160 cm³/mol. The highest BCUT2D eigenvalue weighted by atomic mass is 32.1. The first-order chi connectivity index (χ1) is 20.2. The van der Waals surface area contributed by atoms with Crippen molar-refractivity contribution in [3.63, 3.8) is 0 Å². The molecular formula is C30H41FN6O5S. The number of aliphatic hydroxyl groups is 1. The van der Waals surface area contributed by atoms with Crippen molar-refractivity contribution in [2.24, 2.45) is 11.1 Å². The number of nitrogens with one attached hydrogen (secondary N) is 3. The molecule has 2 heterocycles. The average molecular weight is 617 g/mol. The molecule has 1 aliphatic carbocycles. The lowest BCUT2D eigenvalue weighted by Gasteiger charge is -2.36. The van der Waals surface area contributed by atoms with Crippen molar-refractivity contribution >= 4 is 35.0 Å². The van der Waals surface area contributed by atoms with Crippen molar-refractivity contribution in [2.75, 3.05) is 19.6 Å². The first-order valence-electron chi connectivity index (χ1n) is 14.5. The number of benzene rings is 1. The zero-order valence-electron chi connectivity index (χ0n) is 25.0. The van der Waals surface area contributed by atoms with E-state index in [1.807, 2.05) is 31.2 Å². The van der Waals surface area contributed by atoms with Gasteiger partial charge in [0.1, 0.15) is 12.1 Å². The second-order valence-corrected chi connectivity index (χ2v) is 13.3. The minimum atomic E-state index is -1.98. The number of carbonyl (C=O) groups excluding carboxylic acids is 4. The first kappa shape index (κ1) is 32.5. The summed E-state index contributed by atoms with van der Waals surface area (Å²) in [6.45, 7) is 7.56. The molecule has 43 heavy (non-hydrogen) atoms. The largest absolute Gasteiger partial charge is 0.391 e. The fraction of sp³-hybridized carbons (Fsp3) is 0.567. The molecular weight excluding hydrogens is 575 g/mol. The molecule has 0 spiro atoms. The molecule has 4 rings (SSSR count). The lowest BCUT2D eigenvalue weighted by molar-refractivity contribution is -0.145. The van der Waals surface area contributed by atoms with Gasteiger partial charge in [0, 0.05) is 26.1 Å². The second-order valence-electron chi connectivity index (χ2n) is 12.4. The number of nitrogens with zero attached hydrogens (tertiary/aromatic N) is 2. The quantitative estimate of drug-likeness (QED) is 0.256. The maximum atomic E-state index is 14.5. The Morgan fingerprint density at radius 2 is 1.86 bits per heavy atom. The molecule has 0 bridgehead atoms. The van der Waals surface area contributed by atoms with E-state index in [4.69, 9.17) is 5.73 Å². The number of amides is 4. The fourth-order valence-corrected chi connectivity index (χ4v) is 5.96. The van der Waals surface area contributed by atoms with Crippen LogP contribution in [0.5, 0.6) is 0 Å². The Balaban J connectivity index is 1.55. The molecule has 2 aliphatic rings. The molecule has 6 N–H and O–H groups in total. The SMILES string of the molecule is Cc1ncsc1-c1ccc([C@H](CC(=O)NCCN)NC(=O)[C@@H]2C[C@@H](O)CN2C(=O)C(NC(=O)C2(F)CC2)C(C)(C)C)cc1. The van der Waals surface area contributed by atoms with Crippen LogP contribution < -0.4 is 21.7 Å². The maximum Gasteiger partial charge on any atom is 0.258 e. The Morgan fingerprint density at radius 1 is 1.19 bits per heavy atom. The molecule has 0 radical (unpaired) electrons. The third-order valence-electron chi connectivity index (χ3n) is 7.84. The van der Waals surface area contributed by atoms with Gasteiger partial charge in [0.25, 0.3) is 5.91 Å². The molecule has 1 aliphatic heterocycles. The summed E-state index contributed by atoms with van der Waals surface area (Å²) in [6, 6.07) is 4.55. The Bertz CT molecular complexity index is 1340. The van der Waals surface area contributed by atoms with Crippen LogP contribution >= 0.6 is 11.3 Å². The van der Waals surface area contributed by atoms with Crippen molar-refractivity contribution < 1.29 is 28.7 Å². The van der Waals surface area contributed by atoms with Crippen molar-refractivity contribution in [1.82, 2.24) is 25.8 Å². The highest BCUT2D eigenvalue weighted by molar-refractivity contribution is 7.13. The summed E-state index contributed by atoms with van der Waals surface area (Å²) in [5.74, 6) is -2.29. The summed E-state index contributed by atoms with van der Waals surface area (Å²) in [4.78, 5) is 59.3. The lowest BCUT2D eigenvalue weighted by Crippen LogP contribution is -2.59. The average Bonchev–Trinajstić information content (AvgIpc) is 3.36. The molecule has 4 amide bonds. The number of rotatable bonds is 11. The van der Waals surface area contributed by atoms with Crippen LogP contribution in [0.2, 0.25) is 0 Å². The van der Waals surface area contributed by atoms with Crippen LogP contribution in [-0.4, -0.2) is 82.1 Å². The zero-order valence-corrected chi connectivity index (χ0v) is 25.8. The van der Waals surface area contributed by atoms with Gasteiger partial charge in [-0.15, -0.1) is 11.3 Å². The normalized spacial score (nSPS) is 20.7. The molecule has 234 valence electrons. The van der Waals surface area contributed by atoms with Crippen LogP contribution in [0.1, 0.15) is 63.8 Å². The van der Waals surface area contributed by atoms with Gasteiger partial charge in [-0.1, -0.05) is 45.0 Å². The van der Waals surface area contributed by atoms with Gasteiger partial charge < -0.3 is 31.7 Å². The van der Waals surface area contributed by atoms with Crippen LogP contribution in [0.3, 0.4) is 0 Å². The van der Waals surface area contributed by atoms with Crippen LogP contribution in [-0.2, 0) is 19.2 Å². The number of hydrogen-bond donors (Lipinski definition) is 5. The molecule has 11 nitrogen and oxygen atoms in total. The van der Waals surface area contributed by atoms with Crippen LogP contribution in [0.15, 0.2) is 29.8 Å². The molecule has 13 heteroatoms. The standard InChI is InChI=1S/C30H41FN6O5S/c1-17-24(43-16-34-17)19-7-5-18(6-8-19)21(14-23(39)33-12-11-32)35-26(40)22-13-20(38)15-37(22)27(41)25(29(2,3)4)36-28(42)30(31)9-10-30/h5-8,16,20-22,25,38H,9-15,32H2,1-4H3,(H,33,39)(H,35,40)(H,36,42)/t20-,21+,22+,25?/m1/s1. The Kier molecular flexibility index (Phi) is 9.87. The van der Waals surface area contributed by atoms with Crippen LogP contribution in [0.4, 0.5) is 4.39 Å². The summed E-state index contributed by atoms with van der Waals surface area (Å²) in [5, 5.41) is 18.7. The first-order valence-corrected chi connectivity index (χ1v) is 15.4. The fourth-order valence-electron chi connectivity index (χ4n) is 5.15. The number of halogens is 1. The van der Waals surface area contributed by atoms with Gasteiger partial charge in [-0.05, 0) is 36.3 Å².